The fourth-order valence-corrected chi connectivity index (χ4v) is 5.51. The first-order valence-electron chi connectivity index (χ1n) is 13.8. The van der Waals surface area contributed by atoms with Gasteiger partial charge in [0.25, 0.3) is 0 Å². The molecule has 2 aliphatic heterocycles. The maximum Gasteiger partial charge on any atom is 0.229 e. The van der Waals surface area contributed by atoms with Crippen molar-refractivity contribution in [3.63, 3.8) is 0 Å². The van der Waals surface area contributed by atoms with E-state index in [-0.39, 0.29) is 5.92 Å². The predicted molar refractivity (Wildman–Crippen MR) is 151 cm³/mol. The van der Waals surface area contributed by atoms with Crippen LogP contribution in [0.15, 0.2) is 67.0 Å². The van der Waals surface area contributed by atoms with Gasteiger partial charge in [0.1, 0.15) is 18.3 Å². The van der Waals surface area contributed by atoms with Crippen molar-refractivity contribution in [2.75, 3.05) is 49.5 Å². The number of benzene rings is 2. The van der Waals surface area contributed by atoms with Gasteiger partial charge in [-0.25, -0.2) is 4.98 Å². The molecule has 4 atom stereocenters. The molecule has 11 heteroatoms. The van der Waals surface area contributed by atoms with Gasteiger partial charge in [-0.3, -0.25) is 4.57 Å². The molecule has 4 aromatic rings. The van der Waals surface area contributed by atoms with E-state index in [1.165, 1.54) is 11.1 Å². The average Bonchev–Trinajstić information content (AvgIpc) is 3.40. The molecule has 2 aliphatic rings. The lowest BCUT2D eigenvalue weighted by atomic mass is 9.91. The van der Waals surface area contributed by atoms with Gasteiger partial charge in [0.05, 0.1) is 12.9 Å². The van der Waals surface area contributed by atoms with Gasteiger partial charge < -0.3 is 35.6 Å². The summed E-state index contributed by atoms with van der Waals surface area (Å²) in [6.07, 6.45) is -1.80. The molecule has 0 bridgehead atoms. The van der Waals surface area contributed by atoms with Crippen molar-refractivity contribution in [3.05, 3.63) is 78.1 Å². The van der Waals surface area contributed by atoms with Crippen LogP contribution < -0.4 is 15.5 Å². The molecule has 2 fully saturated rings. The summed E-state index contributed by atoms with van der Waals surface area (Å²) in [7, 11) is 0. The minimum Gasteiger partial charge on any atom is -0.394 e. The Morgan fingerprint density at radius 2 is 1.68 bits per heavy atom. The van der Waals surface area contributed by atoms with Gasteiger partial charge in [0, 0.05) is 32.1 Å². The largest absolute Gasteiger partial charge is 0.394 e. The molecule has 2 aromatic carbocycles. The Labute approximate surface area is 232 Å². The van der Waals surface area contributed by atoms with Gasteiger partial charge in [-0.2, -0.15) is 9.97 Å². The lowest BCUT2D eigenvalue weighted by Crippen LogP contribution is -2.33. The summed E-state index contributed by atoms with van der Waals surface area (Å²) in [5.74, 6) is 1.21. The molecule has 5 N–H and O–H groups in total. The van der Waals surface area contributed by atoms with E-state index in [1.54, 1.807) is 10.9 Å². The van der Waals surface area contributed by atoms with Crippen LogP contribution >= 0.6 is 0 Å². The second-order valence-electron chi connectivity index (χ2n) is 10.3. The molecule has 40 heavy (non-hydrogen) atoms. The van der Waals surface area contributed by atoms with Gasteiger partial charge in [-0.15, -0.1) is 0 Å². The normalized spacial score (nSPS) is 23.6. The molecule has 2 aromatic heterocycles. The van der Waals surface area contributed by atoms with Gasteiger partial charge in [0.15, 0.2) is 23.2 Å². The number of aliphatic hydroxyl groups is 3. The Kier molecular flexibility index (Phi) is 7.89. The topological polar surface area (TPSA) is 141 Å². The number of rotatable bonds is 8. The zero-order chi connectivity index (χ0) is 27.5. The first-order chi connectivity index (χ1) is 19.6. The van der Waals surface area contributed by atoms with Crippen LogP contribution in [-0.2, 0) is 4.74 Å². The molecule has 0 spiro atoms. The van der Waals surface area contributed by atoms with Crippen molar-refractivity contribution in [3.8, 4) is 0 Å². The smallest absolute Gasteiger partial charge is 0.229 e. The van der Waals surface area contributed by atoms with Crippen LogP contribution in [0.4, 0.5) is 11.8 Å². The Morgan fingerprint density at radius 3 is 2.35 bits per heavy atom. The van der Waals surface area contributed by atoms with E-state index < -0.39 is 31.1 Å². The van der Waals surface area contributed by atoms with E-state index in [2.05, 4.69) is 44.8 Å². The third-order valence-corrected chi connectivity index (χ3v) is 7.70. The second kappa shape index (κ2) is 11.9. The third kappa shape index (κ3) is 5.26. The molecule has 11 nitrogen and oxygen atoms in total. The van der Waals surface area contributed by atoms with Crippen molar-refractivity contribution in [2.24, 2.45) is 0 Å². The molecule has 0 radical (unpaired) electrons. The van der Waals surface area contributed by atoms with Crippen LogP contribution in [0.25, 0.3) is 11.2 Å². The van der Waals surface area contributed by atoms with Crippen molar-refractivity contribution in [2.45, 2.75) is 36.9 Å². The number of fused-ring (bicyclic) bond motifs is 1. The highest BCUT2D eigenvalue weighted by Gasteiger charge is 2.44. The number of nitrogens with one attached hydrogen (secondary N) is 2. The number of imidazole rings is 1. The van der Waals surface area contributed by atoms with E-state index in [9.17, 15) is 15.3 Å². The summed E-state index contributed by atoms with van der Waals surface area (Å²) < 4.78 is 7.44. The molecular weight excluding hydrogens is 510 g/mol. The van der Waals surface area contributed by atoms with Crippen LogP contribution in [-0.4, -0.2) is 92.5 Å². The summed E-state index contributed by atoms with van der Waals surface area (Å²) in [6.45, 7) is 3.47. The molecule has 6 rings (SSSR count). The number of aliphatic hydroxyl groups excluding tert-OH is 3. The van der Waals surface area contributed by atoms with Crippen molar-refractivity contribution in [1.82, 2.24) is 24.8 Å². The summed E-state index contributed by atoms with van der Waals surface area (Å²) in [4.78, 5) is 16.6. The van der Waals surface area contributed by atoms with Crippen LogP contribution in [0.5, 0.6) is 0 Å². The molecule has 0 unspecified atom stereocenters. The Hall–Kier alpha value is -3.61. The minimum absolute atomic E-state index is 0.0702. The summed E-state index contributed by atoms with van der Waals surface area (Å²) in [5, 5.41) is 37.7. The van der Waals surface area contributed by atoms with E-state index in [0.717, 1.165) is 32.6 Å². The number of hydrogen-bond acceptors (Lipinski definition) is 10. The number of aromatic nitrogens is 4. The zero-order valence-electron chi connectivity index (χ0n) is 22.2. The van der Waals surface area contributed by atoms with Gasteiger partial charge in [-0.05, 0) is 24.1 Å². The lowest BCUT2D eigenvalue weighted by Gasteiger charge is -2.23. The first kappa shape index (κ1) is 26.6. The van der Waals surface area contributed by atoms with Crippen LogP contribution in [0.2, 0.25) is 0 Å². The van der Waals surface area contributed by atoms with Gasteiger partial charge in [-0.1, -0.05) is 60.7 Å². The highest BCUT2D eigenvalue weighted by Crippen LogP contribution is 2.34. The average molecular weight is 546 g/mol. The lowest BCUT2D eigenvalue weighted by molar-refractivity contribution is -0.0511. The Balaban J connectivity index is 1.38. The first-order valence-corrected chi connectivity index (χ1v) is 13.8. The molecule has 2 saturated heterocycles. The van der Waals surface area contributed by atoms with Gasteiger partial charge >= 0.3 is 0 Å². The number of anilines is 2. The summed E-state index contributed by atoms with van der Waals surface area (Å²) in [5.41, 5.74) is 3.38. The SMILES string of the molecule is OC[C@H]1O[C@@H](n2cnc3c(NCC(c4ccccc4)c4ccccc4)nc(N4CCCNCC4)nc32)[C@H](O)[C@@H]1O. The second-order valence-corrected chi connectivity index (χ2v) is 10.3. The fraction of sp³-hybridized carbons (Fsp3) is 0.414. The molecule has 0 saturated carbocycles. The quantitative estimate of drug-likeness (QED) is 0.221. The van der Waals surface area contributed by atoms with E-state index in [4.69, 9.17) is 14.7 Å². The number of hydrogen-bond donors (Lipinski definition) is 5. The molecular formula is C29H35N7O4. The highest BCUT2D eigenvalue weighted by atomic mass is 16.6. The van der Waals surface area contributed by atoms with E-state index in [0.29, 0.717) is 29.5 Å². The minimum atomic E-state index is -1.24. The Morgan fingerprint density at radius 1 is 0.950 bits per heavy atom. The highest BCUT2D eigenvalue weighted by molar-refractivity contribution is 5.84. The fourth-order valence-electron chi connectivity index (χ4n) is 5.51. The monoisotopic (exact) mass is 545 g/mol. The van der Waals surface area contributed by atoms with Crippen molar-refractivity contribution < 1.29 is 20.1 Å². The Bertz CT molecular complexity index is 1360. The van der Waals surface area contributed by atoms with E-state index in [1.807, 2.05) is 36.4 Å². The van der Waals surface area contributed by atoms with E-state index >= 15 is 0 Å². The van der Waals surface area contributed by atoms with Crippen molar-refractivity contribution >= 4 is 22.9 Å². The zero-order valence-corrected chi connectivity index (χ0v) is 22.2. The van der Waals surface area contributed by atoms with Gasteiger partial charge in [0.2, 0.25) is 5.95 Å². The third-order valence-electron chi connectivity index (χ3n) is 7.70. The number of nitrogens with zero attached hydrogens (tertiary/aromatic N) is 5. The van der Waals surface area contributed by atoms with Crippen molar-refractivity contribution in [1.29, 1.82) is 0 Å². The number of ether oxygens (including phenoxy) is 1. The van der Waals surface area contributed by atoms with Crippen LogP contribution in [0, 0.1) is 0 Å². The molecule has 0 aliphatic carbocycles. The maximum atomic E-state index is 10.7. The predicted octanol–water partition coefficient (Wildman–Crippen LogP) is 1.48. The summed E-state index contributed by atoms with van der Waals surface area (Å²) >= 11 is 0. The standard InChI is InChI=1S/C29H35N7O4/c37-17-22-24(38)25(39)28(40-22)36-18-32-23-26(33-29(34-27(23)36)35-14-7-12-30-13-15-35)31-16-21(19-8-3-1-4-9-19)20-10-5-2-6-11-20/h1-6,8-11,18,21-22,24-25,28,30,37-39H,7,12-17H2,(H,31,33,34)/t22-,24-,25-,28-/m1/s1. The summed E-state index contributed by atoms with van der Waals surface area (Å²) in [6, 6.07) is 20.7. The van der Waals surface area contributed by atoms with Crippen LogP contribution in [0.1, 0.15) is 29.7 Å². The molecule has 0 amide bonds. The maximum absolute atomic E-state index is 10.7. The molecule has 210 valence electrons. The van der Waals surface area contributed by atoms with Crippen LogP contribution in [0.3, 0.4) is 0 Å². The molecule has 4 heterocycles.